The molecule has 106 valence electrons. The first-order valence-corrected chi connectivity index (χ1v) is 7.14. The predicted octanol–water partition coefficient (Wildman–Crippen LogP) is -0.661. The lowest BCUT2D eigenvalue weighted by atomic mass is 10.5. The van der Waals surface area contributed by atoms with Gasteiger partial charge in [0.25, 0.3) is 0 Å². The molecule has 0 aromatic carbocycles. The number of rotatable bonds is 5. The standard InChI is InChI=1S/C10H16N4O4S/c1-13(19(4,16)17)7-9(15)14(2)10-11-5-8(18-3)6-12-10/h5-6H,7H2,1-4H3. The second kappa shape index (κ2) is 5.93. The Morgan fingerprint density at radius 2 is 1.84 bits per heavy atom. The van der Waals surface area contributed by atoms with Gasteiger partial charge in [0.2, 0.25) is 21.9 Å². The fourth-order valence-corrected chi connectivity index (χ4v) is 1.46. The van der Waals surface area contributed by atoms with Gasteiger partial charge in [-0.05, 0) is 0 Å². The lowest BCUT2D eigenvalue weighted by Crippen LogP contribution is -2.39. The van der Waals surface area contributed by atoms with Crippen LogP contribution in [0.15, 0.2) is 12.4 Å². The normalized spacial score (nSPS) is 11.4. The summed E-state index contributed by atoms with van der Waals surface area (Å²) in [4.78, 5) is 20.9. The fourth-order valence-electron chi connectivity index (χ4n) is 1.11. The van der Waals surface area contributed by atoms with Crippen molar-refractivity contribution in [3.8, 4) is 5.75 Å². The third kappa shape index (κ3) is 4.14. The van der Waals surface area contributed by atoms with Crippen LogP contribution in [0.5, 0.6) is 5.75 Å². The summed E-state index contributed by atoms with van der Waals surface area (Å²) in [5, 5.41) is 0. The van der Waals surface area contributed by atoms with Crippen LogP contribution < -0.4 is 9.64 Å². The maximum atomic E-state index is 11.9. The molecule has 0 atom stereocenters. The number of hydrogen-bond donors (Lipinski definition) is 0. The highest BCUT2D eigenvalue weighted by Gasteiger charge is 2.20. The van der Waals surface area contributed by atoms with Crippen LogP contribution in [0.3, 0.4) is 0 Å². The molecule has 0 spiro atoms. The van der Waals surface area contributed by atoms with Gasteiger partial charge in [-0.2, -0.15) is 4.31 Å². The molecule has 0 N–H and O–H groups in total. The quantitative estimate of drug-likeness (QED) is 0.714. The van der Waals surface area contributed by atoms with E-state index in [1.807, 2.05) is 0 Å². The van der Waals surface area contributed by atoms with Crippen molar-refractivity contribution in [2.24, 2.45) is 0 Å². The number of nitrogens with zero attached hydrogens (tertiary/aromatic N) is 4. The molecule has 1 aromatic heterocycles. The van der Waals surface area contributed by atoms with Crippen LogP contribution in [0.25, 0.3) is 0 Å². The van der Waals surface area contributed by atoms with Crippen molar-refractivity contribution in [2.45, 2.75) is 0 Å². The van der Waals surface area contributed by atoms with Crippen LogP contribution in [-0.4, -0.2) is 62.6 Å². The number of sulfonamides is 1. The molecule has 19 heavy (non-hydrogen) atoms. The Morgan fingerprint density at radius 1 is 1.32 bits per heavy atom. The van der Waals surface area contributed by atoms with Crippen molar-refractivity contribution in [2.75, 3.05) is 38.9 Å². The monoisotopic (exact) mass is 288 g/mol. The second-order valence-electron chi connectivity index (χ2n) is 3.89. The number of likely N-dealkylation sites (N-methyl/N-ethyl adjacent to an activating group) is 2. The van der Waals surface area contributed by atoms with Crippen molar-refractivity contribution in [1.29, 1.82) is 0 Å². The smallest absolute Gasteiger partial charge is 0.244 e. The minimum Gasteiger partial charge on any atom is -0.494 e. The Morgan fingerprint density at radius 3 is 2.26 bits per heavy atom. The van der Waals surface area contributed by atoms with Crippen LogP contribution >= 0.6 is 0 Å². The fraction of sp³-hybridized carbons (Fsp3) is 0.500. The van der Waals surface area contributed by atoms with Gasteiger partial charge in [-0.3, -0.25) is 9.69 Å². The topological polar surface area (TPSA) is 92.7 Å². The van der Waals surface area contributed by atoms with Gasteiger partial charge in [0.15, 0.2) is 5.75 Å². The van der Waals surface area contributed by atoms with E-state index in [0.29, 0.717) is 5.75 Å². The van der Waals surface area contributed by atoms with Crippen molar-refractivity contribution in [1.82, 2.24) is 14.3 Å². The van der Waals surface area contributed by atoms with E-state index in [1.54, 1.807) is 0 Å². The number of ether oxygens (including phenoxy) is 1. The highest BCUT2D eigenvalue weighted by atomic mass is 32.2. The van der Waals surface area contributed by atoms with Gasteiger partial charge in [-0.15, -0.1) is 0 Å². The molecule has 0 fully saturated rings. The Labute approximate surface area is 112 Å². The summed E-state index contributed by atoms with van der Waals surface area (Å²) in [5.41, 5.74) is 0. The number of anilines is 1. The third-order valence-electron chi connectivity index (χ3n) is 2.45. The summed E-state index contributed by atoms with van der Waals surface area (Å²) in [5.74, 6) is 0.212. The summed E-state index contributed by atoms with van der Waals surface area (Å²) in [6, 6.07) is 0. The molecule has 0 bridgehead atoms. The Balaban J connectivity index is 2.76. The van der Waals surface area contributed by atoms with E-state index in [4.69, 9.17) is 4.74 Å². The van der Waals surface area contributed by atoms with Gasteiger partial charge in [0.1, 0.15) is 0 Å². The third-order valence-corrected chi connectivity index (χ3v) is 3.71. The van der Waals surface area contributed by atoms with Crippen LogP contribution in [-0.2, 0) is 14.8 Å². The largest absolute Gasteiger partial charge is 0.494 e. The van der Waals surface area contributed by atoms with Gasteiger partial charge in [0, 0.05) is 14.1 Å². The lowest BCUT2D eigenvalue weighted by molar-refractivity contribution is -0.118. The van der Waals surface area contributed by atoms with Crippen molar-refractivity contribution in [3.05, 3.63) is 12.4 Å². The van der Waals surface area contributed by atoms with Crippen molar-refractivity contribution in [3.63, 3.8) is 0 Å². The van der Waals surface area contributed by atoms with Crippen LogP contribution in [0.4, 0.5) is 5.95 Å². The van der Waals surface area contributed by atoms with Gasteiger partial charge in [-0.25, -0.2) is 18.4 Å². The zero-order valence-electron chi connectivity index (χ0n) is 11.2. The molecule has 0 saturated carbocycles. The maximum Gasteiger partial charge on any atom is 0.244 e. The Bertz CT molecular complexity index is 543. The zero-order chi connectivity index (χ0) is 14.6. The van der Waals surface area contributed by atoms with E-state index in [2.05, 4.69) is 9.97 Å². The number of hydrogen-bond acceptors (Lipinski definition) is 6. The molecule has 8 nitrogen and oxygen atoms in total. The van der Waals surface area contributed by atoms with Crippen LogP contribution in [0.1, 0.15) is 0 Å². The van der Waals surface area contributed by atoms with E-state index in [0.717, 1.165) is 10.6 Å². The summed E-state index contributed by atoms with van der Waals surface area (Å²) in [7, 11) is 0.883. The molecule has 0 saturated heterocycles. The highest BCUT2D eigenvalue weighted by molar-refractivity contribution is 7.88. The van der Waals surface area contributed by atoms with Crippen molar-refractivity contribution >= 4 is 21.9 Å². The lowest BCUT2D eigenvalue weighted by Gasteiger charge is -2.19. The van der Waals surface area contributed by atoms with Crippen LogP contribution in [0, 0.1) is 0 Å². The molecule has 0 aliphatic carbocycles. The molecule has 0 aliphatic rings. The van der Waals surface area contributed by atoms with E-state index in [9.17, 15) is 13.2 Å². The first-order chi connectivity index (χ1) is 8.75. The summed E-state index contributed by atoms with van der Waals surface area (Å²) >= 11 is 0. The SMILES string of the molecule is COc1cnc(N(C)C(=O)CN(C)S(C)(=O)=O)nc1. The summed E-state index contributed by atoms with van der Waals surface area (Å²) < 4.78 is 28.3. The van der Waals surface area contributed by atoms with E-state index in [1.165, 1.54) is 38.5 Å². The highest BCUT2D eigenvalue weighted by Crippen LogP contribution is 2.10. The van der Waals surface area contributed by atoms with E-state index >= 15 is 0 Å². The number of carbonyl (C=O) groups excluding carboxylic acids is 1. The van der Waals surface area contributed by atoms with Gasteiger partial charge < -0.3 is 4.74 Å². The number of carbonyl (C=O) groups is 1. The second-order valence-corrected chi connectivity index (χ2v) is 5.98. The van der Waals surface area contributed by atoms with Gasteiger partial charge >= 0.3 is 0 Å². The van der Waals surface area contributed by atoms with Gasteiger partial charge in [-0.1, -0.05) is 0 Å². The molecule has 1 heterocycles. The Hall–Kier alpha value is -1.74. The van der Waals surface area contributed by atoms with Gasteiger partial charge in [0.05, 0.1) is 32.3 Å². The average molecular weight is 288 g/mol. The number of methoxy groups -OCH3 is 1. The average Bonchev–Trinajstić information content (AvgIpc) is 2.36. The minimum absolute atomic E-state index is 0.174. The number of amides is 1. The minimum atomic E-state index is -3.40. The molecule has 0 radical (unpaired) electrons. The molecule has 1 aromatic rings. The first-order valence-electron chi connectivity index (χ1n) is 5.29. The molecule has 9 heteroatoms. The zero-order valence-corrected chi connectivity index (χ0v) is 12.0. The van der Waals surface area contributed by atoms with E-state index < -0.39 is 15.9 Å². The molecule has 0 aliphatic heterocycles. The molecular weight excluding hydrogens is 272 g/mol. The molecule has 0 unspecified atom stereocenters. The Kier molecular flexibility index (Phi) is 4.78. The molecular formula is C10H16N4O4S. The summed E-state index contributed by atoms with van der Waals surface area (Å²) in [6.07, 6.45) is 3.88. The maximum absolute atomic E-state index is 11.9. The van der Waals surface area contributed by atoms with E-state index in [-0.39, 0.29) is 12.5 Å². The first kappa shape index (κ1) is 15.3. The number of aromatic nitrogens is 2. The summed E-state index contributed by atoms with van der Waals surface area (Å²) in [6.45, 7) is -0.273. The molecule has 1 rings (SSSR count). The van der Waals surface area contributed by atoms with Crippen LogP contribution in [0.2, 0.25) is 0 Å². The predicted molar refractivity (Wildman–Crippen MR) is 69.5 cm³/mol. The van der Waals surface area contributed by atoms with Crippen molar-refractivity contribution < 1.29 is 17.9 Å². The molecule has 1 amide bonds.